The lowest BCUT2D eigenvalue weighted by molar-refractivity contribution is -0.138. The van der Waals surface area contributed by atoms with Crippen LogP contribution >= 0.6 is 0 Å². The lowest BCUT2D eigenvalue weighted by Gasteiger charge is -2.38. The second-order valence-corrected chi connectivity index (χ2v) is 6.66. The first-order chi connectivity index (χ1) is 10.2. The molecule has 5 heteroatoms. The van der Waals surface area contributed by atoms with Gasteiger partial charge >= 0.3 is 0 Å². The molecule has 4 rings (SSSR count). The molecule has 0 saturated carbocycles. The molecule has 0 aromatic carbocycles. The molecule has 1 amide bonds. The van der Waals surface area contributed by atoms with Crippen LogP contribution in [-0.4, -0.2) is 40.5 Å². The van der Waals surface area contributed by atoms with Crippen LogP contribution in [-0.2, 0) is 28.9 Å². The van der Waals surface area contributed by atoms with Crippen LogP contribution in [0, 0.1) is 5.41 Å². The van der Waals surface area contributed by atoms with E-state index in [4.69, 9.17) is 4.74 Å². The Morgan fingerprint density at radius 2 is 2.24 bits per heavy atom. The molecule has 0 bridgehead atoms. The Labute approximate surface area is 124 Å². The molecule has 1 spiro atoms. The number of carbonyl (C=O) groups is 1. The maximum atomic E-state index is 12.2. The molecular formula is C16H21N3O2. The molecule has 5 nitrogen and oxygen atoms in total. The summed E-state index contributed by atoms with van der Waals surface area (Å²) in [5.74, 6) is 1.02. The van der Waals surface area contributed by atoms with E-state index in [1.165, 1.54) is 17.7 Å². The highest BCUT2D eigenvalue weighted by molar-refractivity contribution is 5.77. The first-order valence-electron chi connectivity index (χ1n) is 7.93. The van der Waals surface area contributed by atoms with Crippen LogP contribution in [0.4, 0.5) is 0 Å². The third kappa shape index (κ3) is 2.44. The maximum absolute atomic E-state index is 12.2. The van der Waals surface area contributed by atoms with Crippen molar-refractivity contribution in [2.24, 2.45) is 5.41 Å². The first kappa shape index (κ1) is 13.2. The number of nitrogens with zero attached hydrogens (tertiary/aromatic N) is 3. The number of aromatic nitrogens is 2. The Morgan fingerprint density at radius 3 is 3.10 bits per heavy atom. The van der Waals surface area contributed by atoms with E-state index in [1.54, 1.807) is 0 Å². The third-order valence-electron chi connectivity index (χ3n) is 5.13. The minimum atomic E-state index is 0.185. The molecule has 1 atom stereocenters. The number of ether oxygens (including phenoxy) is 1. The van der Waals surface area contributed by atoms with Gasteiger partial charge in [-0.25, -0.2) is 9.97 Å². The van der Waals surface area contributed by atoms with Gasteiger partial charge in [-0.05, 0) is 37.7 Å². The number of likely N-dealkylation sites (tertiary alicyclic amines) is 1. The second-order valence-electron chi connectivity index (χ2n) is 6.66. The molecule has 3 heterocycles. The fourth-order valence-electron chi connectivity index (χ4n) is 3.82. The molecule has 1 aliphatic carbocycles. The molecule has 2 aliphatic heterocycles. The summed E-state index contributed by atoms with van der Waals surface area (Å²) in [5, 5.41) is 0. The molecular weight excluding hydrogens is 266 g/mol. The normalized spacial score (nSPS) is 28.4. The molecule has 21 heavy (non-hydrogen) atoms. The van der Waals surface area contributed by atoms with Gasteiger partial charge in [-0.15, -0.1) is 0 Å². The van der Waals surface area contributed by atoms with Gasteiger partial charge in [-0.2, -0.15) is 0 Å². The van der Waals surface area contributed by atoms with Crippen molar-refractivity contribution in [2.75, 3.05) is 19.8 Å². The van der Waals surface area contributed by atoms with Crippen LogP contribution in [0.25, 0.3) is 0 Å². The maximum Gasteiger partial charge on any atom is 0.223 e. The highest BCUT2D eigenvalue weighted by Gasteiger charge is 2.41. The molecule has 3 aliphatic rings. The van der Waals surface area contributed by atoms with Crippen LogP contribution < -0.4 is 0 Å². The van der Waals surface area contributed by atoms with E-state index in [1.807, 2.05) is 11.1 Å². The van der Waals surface area contributed by atoms with E-state index in [-0.39, 0.29) is 11.3 Å². The summed E-state index contributed by atoms with van der Waals surface area (Å²) < 4.78 is 5.56. The van der Waals surface area contributed by atoms with Crippen molar-refractivity contribution in [3.63, 3.8) is 0 Å². The highest BCUT2D eigenvalue weighted by Crippen LogP contribution is 2.38. The van der Waals surface area contributed by atoms with E-state index in [0.717, 1.165) is 51.3 Å². The molecule has 0 radical (unpaired) electrons. The molecule has 1 aromatic rings. The molecule has 1 aromatic heterocycles. The Balaban J connectivity index is 1.51. The number of fused-ring (bicyclic) bond motifs is 1. The number of piperidine rings is 1. The Kier molecular flexibility index (Phi) is 3.17. The number of amides is 1. The minimum Gasteiger partial charge on any atom is -0.381 e. The van der Waals surface area contributed by atoms with E-state index >= 15 is 0 Å². The van der Waals surface area contributed by atoms with Gasteiger partial charge in [0.25, 0.3) is 0 Å². The molecule has 2 saturated heterocycles. The van der Waals surface area contributed by atoms with Crippen LogP contribution in [0.3, 0.4) is 0 Å². The van der Waals surface area contributed by atoms with Crippen molar-refractivity contribution in [3.05, 3.63) is 23.3 Å². The SMILES string of the molecule is O=C1CC[C@@]2(CCOC2)CN1Cc1ncc2c(n1)CCC2. The van der Waals surface area contributed by atoms with Gasteiger partial charge in [0.15, 0.2) is 0 Å². The fourth-order valence-corrected chi connectivity index (χ4v) is 3.82. The van der Waals surface area contributed by atoms with Gasteiger partial charge in [0.2, 0.25) is 5.91 Å². The van der Waals surface area contributed by atoms with E-state index in [9.17, 15) is 4.79 Å². The largest absolute Gasteiger partial charge is 0.381 e. The molecule has 2 fully saturated rings. The summed E-state index contributed by atoms with van der Waals surface area (Å²) >= 11 is 0. The highest BCUT2D eigenvalue weighted by atomic mass is 16.5. The summed E-state index contributed by atoms with van der Waals surface area (Å²) in [5.41, 5.74) is 2.65. The predicted molar refractivity (Wildman–Crippen MR) is 76.6 cm³/mol. The number of hydrogen-bond donors (Lipinski definition) is 0. The number of hydrogen-bond acceptors (Lipinski definition) is 4. The van der Waals surface area contributed by atoms with Gasteiger partial charge in [0.05, 0.1) is 13.2 Å². The summed E-state index contributed by atoms with van der Waals surface area (Å²) in [6.07, 6.45) is 7.95. The average Bonchev–Trinajstić information content (AvgIpc) is 3.12. The zero-order valence-corrected chi connectivity index (χ0v) is 12.3. The number of rotatable bonds is 2. The zero-order valence-electron chi connectivity index (χ0n) is 12.3. The lowest BCUT2D eigenvalue weighted by Crippen LogP contribution is -2.46. The topological polar surface area (TPSA) is 55.3 Å². The number of aryl methyl sites for hydroxylation is 2. The van der Waals surface area contributed by atoms with Crippen molar-refractivity contribution in [3.8, 4) is 0 Å². The van der Waals surface area contributed by atoms with Crippen molar-refractivity contribution in [1.29, 1.82) is 0 Å². The Morgan fingerprint density at radius 1 is 1.29 bits per heavy atom. The summed E-state index contributed by atoms with van der Waals surface area (Å²) in [4.78, 5) is 23.3. The Bertz CT molecular complexity index is 567. The van der Waals surface area contributed by atoms with E-state index in [0.29, 0.717) is 13.0 Å². The molecule has 0 N–H and O–H groups in total. The minimum absolute atomic E-state index is 0.185. The monoisotopic (exact) mass is 287 g/mol. The predicted octanol–water partition coefficient (Wildman–Crippen LogP) is 1.49. The quantitative estimate of drug-likeness (QED) is 0.827. The van der Waals surface area contributed by atoms with E-state index < -0.39 is 0 Å². The van der Waals surface area contributed by atoms with Crippen LogP contribution in [0.2, 0.25) is 0 Å². The van der Waals surface area contributed by atoms with Gasteiger partial charge in [0.1, 0.15) is 5.82 Å². The standard InChI is InChI=1S/C16H21N3O2/c20-15-4-5-16(6-7-21-11-16)10-19(15)9-14-17-8-12-2-1-3-13(12)18-14/h8H,1-7,9-11H2/t16-/m1/s1. The van der Waals surface area contributed by atoms with Gasteiger partial charge in [0, 0.05) is 36.9 Å². The zero-order chi connectivity index (χ0) is 14.3. The van der Waals surface area contributed by atoms with Gasteiger partial charge in [-0.3, -0.25) is 4.79 Å². The fraction of sp³-hybridized carbons (Fsp3) is 0.688. The summed E-state index contributed by atoms with van der Waals surface area (Å²) in [7, 11) is 0. The van der Waals surface area contributed by atoms with E-state index in [2.05, 4.69) is 9.97 Å². The number of carbonyl (C=O) groups excluding carboxylic acids is 1. The Hall–Kier alpha value is -1.49. The average molecular weight is 287 g/mol. The molecule has 112 valence electrons. The van der Waals surface area contributed by atoms with Gasteiger partial charge < -0.3 is 9.64 Å². The van der Waals surface area contributed by atoms with Crippen molar-refractivity contribution in [2.45, 2.75) is 45.1 Å². The first-order valence-corrected chi connectivity index (χ1v) is 7.93. The van der Waals surface area contributed by atoms with Crippen molar-refractivity contribution in [1.82, 2.24) is 14.9 Å². The van der Waals surface area contributed by atoms with Crippen molar-refractivity contribution >= 4 is 5.91 Å². The lowest BCUT2D eigenvalue weighted by atomic mass is 9.79. The molecule has 0 unspecified atom stereocenters. The van der Waals surface area contributed by atoms with Crippen LogP contribution in [0.5, 0.6) is 0 Å². The summed E-state index contributed by atoms with van der Waals surface area (Å²) in [6.45, 7) is 2.97. The smallest absolute Gasteiger partial charge is 0.223 e. The third-order valence-corrected chi connectivity index (χ3v) is 5.13. The summed E-state index contributed by atoms with van der Waals surface area (Å²) in [6, 6.07) is 0. The van der Waals surface area contributed by atoms with Gasteiger partial charge in [-0.1, -0.05) is 0 Å². The second kappa shape index (κ2) is 5.05. The van der Waals surface area contributed by atoms with Crippen LogP contribution in [0.15, 0.2) is 6.20 Å². The van der Waals surface area contributed by atoms with Crippen LogP contribution in [0.1, 0.15) is 42.8 Å². The van der Waals surface area contributed by atoms with Crippen molar-refractivity contribution < 1.29 is 9.53 Å².